The summed E-state index contributed by atoms with van der Waals surface area (Å²) in [5.41, 5.74) is -1.39. The van der Waals surface area contributed by atoms with E-state index >= 15 is 0 Å². The van der Waals surface area contributed by atoms with Gasteiger partial charge in [0.25, 0.3) is 10.0 Å². The number of anilines is 3. The van der Waals surface area contributed by atoms with Gasteiger partial charge in [-0.1, -0.05) is 12.1 Å². The number of sulfonamides is 1. The average Bonchev–Trinajstić information content (AvgIpc) is 2.68. The predicted octanol–water partition coefficient (Wildman–Crippen LogP) is 4.55. The molecule has 0 fully saturated rings. The third-order valence-corrected chi connectivity index (χ3v) is 5.21. The molecule has 1 aromatic heterocycles. The lowest BCUT2D eigenvalue weighted by molar-refractivity contribution is -0.384. The van der Waals surface area contributed by atoms with Crippen LogP contribution < -0.4 is 10.0 Å². The Morgan fingerprint density at radius 3 is 2.37 bits per heavy atom. The molecular formula is C18H13F3N4O4S. The number of alkyl halides is 3. The highest BCUT2D eigenvalue weighted by molar-refractivity contribution is 7.92. The van der Waals surface area contributed by atoms with Gasteiger partial charge >= 0.3 is 11.9 Å². The van der Waals surface area contributed by atoms with Crippen molar-refractivity contribution in [2.45, 2.75) is 11.1 Å². The standard InChI is InChI=1S/C18H13F3N4O4S/c19-18(20,21)12-4-1-6-14(10-12)24-30(28,29)15-7-2-5-13(11-15)23-17-16(25(26)27)8-3-9-22-17/h1-11,24H,(H,22,23). The highest BCUT2D eigenvalue weighted by atomic mass is 32.2. The van der Waals surface area contributed by atoms with E-state index in [1.54, 1.807) is 0 Å². The fourth-order valence-electron chi connectivity index (χ4n) is 2.49. The Kier molecular flexibility index (Phi) is 5.60. The first-order chi connectivity index (χ1) is 14.1. The second kappa shape index (κ2) is 7.99. The van der Waals surface area contributed by atoms with Crippen LogP contribution in [0.5, 0.6) is 0 Å². The van der Waals surface area contributed by atoms with Gasteiger partial charge in [-0.05, 0) is 42.5 Å². The molecule has 30 heavy (non-hydrogen) atoms. The first kappa shape index (κ1) is 21.0. The maximum Gasteiger partial charge on any atom is 0.416 e. The second-order valence-corrected chi connectivity index (χ2v) is 7.65. The van der Waals surface area contributed by atoms with Gasteiger partial charge in [-0.2, -0.15) is 13.2 Å². The monoisotopic (exact) mass is 438 g/mol. The van der Waals surface area contributed by atoms with Crippen LogP contribution in [0.2, 0.25) is 0 Å². The quantitative estimate of drug-likeness (QED) is 0.431. The Balaban J connectivity index is 1.88. The van der Waals surface area contributed by atoms with Gasteiger partial charge in [0.2, 0.25) is 5.82 Å². The van der Waals surface area contributed by atoms with E-state index in [0.29, 0.717) is 6.07 Å². The molecule has 3 rings (SSSR count). The fraction of sp³-hybridized carbons (Fsp3) is 0.0556. The van der Waals surface area contributed by atoms with Crippen LogP contribution in [-0.2, 0) is 16.2 Å². The minimum absolute atomic E-state index is 0.0946. The number of hydrogen-bond donors (Lipinski definition) is 2. The van der Waals surface area contributed by atoms with Crippen molar-refractivity contribution in [3.8, 4) is 0 Å². The van der Waals surface area contributed by atoms with Crippen LogP contribution in [0.3, 0.4) is 0 Å². The summed E-state index contributed by atoms with van der Waals surface area (Å²) in [4.78, 5) is 14.0. The largest absolute Gasteiger partial charge is 0.416 e. The first-order valence-corrected chi connectivity index (χ1v) is 9.71. The molecule has 2 N–H and O–H groups in total. The van der Waals surface area contributed by atoms with Crippen molar-refractivity contribution in [3.63, 3.8) is 0 Å². The van der Waals surface area contributed by atoms with E-state index in [1.807, 2.05) is 0 Å². The summed E-state index contributed by atoms with van der Waals surface area (Å²) >= 11 is 0. The molecule has 0 amide bonds. The Morgan fingerprint density at radius 2 is 1.67 bits per heavy atom. The zero-order chi connectivity index (χ0) is 21.9. The lowest BCUT2D eigenvalue weighted by Crippen LogP contribution is -2.14. The van der Waals surface area contributed by atoms with Gasteiger partial charge in [-0.15, -0.1) is 0 Å². The third kappa shape index (κ3) is 4.84. The number of halogens is 3. The van der Waals surface area contributed by atoms with Crippen LogP contribution in [0, 0.1) is 10.1 Å². The first-order valence-electron chi connectivity index (χ1n) is 8.23. The molecule has 0 radical (unpaired) electrons. The van der Waals surface area contributed by atoms with Gasteiger partial charge < -0.3 is 5.32 Å². The van der Waals surface area contributed by atoms with Crippen molar-refractivity contribution in [3.05, 3.63) is 82.5 Å². The molecular weight excluding hydrogens is 425 g/mol. The van der Waals surface area contributed by atoms with Gasteiger partial charge in [0.1, 0.15) is 0 Å². The lowest BCUT2D eigenvalue weighted by Gasteiger charge is -2.12. The SMILES string of the molecule is O=[N+]([O-])c1cccnc1Nc1cccc(S(=O)(=O)Nc2cccc(C(F)(F)F)c2)c1. The molecule has 0 saturated carbocycles. The maximum absolute atomic E-state index is 12.8. The van der Waals surface area contributed by atoms with Gasteiger partial charge in [-0.25, -0.2) is 13.4 Å². The average molecular weight is 438 g/mol. The summed E-state index contributed by atoms with van der Waals surface area (Å²) in [7, 11) is -4.23. The Labute approximate surface area is 168 Å². The van der Waals surface area contributed by atoms with E-state index in [1.165, 1.54) is 48.7 Å². The molecule has 1 heterocycles. The highest BCUT2D eigenvalue weighted by Gasteiger charge is 2.30. The molecule has 0 atom stereocenters. The summed E-state index contributed by atoms with van der Waals surface area (Å²) in [5, 5.41) is 13.7. The third-order valence-electron chi connectivity index (χ3n) is 3.83. The predicted molar refractivity (Wildman–Crippen MR) is 103 cm³/mol. The van der Waals surface area contributed by atoms with E-state index in [9.17, 15) is 31.7 Å². The molecule has 2 aromatic carbocycles. The van der Waals surface area contributed by atoms with Crippen molar-refractivity contribution in [2.75, 3.05) is 10.0 Å². The smallest absolute Gasteiger partial charge is 0.334 e. The van der Waals surface area contributed by atoms with E-state index in [0.717, 1.165) is 12.1 Å². The van der Waals surface area contributed by atoms with Crippen molar-refractivity contribution < 1.29 is 26.5 Å². The Hall–Kier alpha value is -3.67. The number of nitrogens with one attached hydrogen (secondary N) is 2. The molecule has 3 aromatic rings. The topological polar surface area (TPSA) is 114 Å². The lowest BCUT2D eigenvalue weighted by atomic mass is 10.2. The number of benzene rings is 2. The van der Waals surface area contributed by atoms with Crippen LogP contribution in [0.4, 0.5) is 36.1 Å². The maximum atomic E-state index is 12.8. The van der Waals surface area contributed by atoms with Crippen molar-refractivity contribution >= 4 is 32.9 Å². The number of rotatable bonds is 6. The number of nitro groups is 1. The van der Waals surface area contributed by atoms with Gasteiger partial charge in [0.05, 0.1) is 15.4 Å². The second-order valence-electron chi connectivity index (χ2n) is 5.97. The molecule has 12 heteroatoms. The minimum atomic E-state index is -4.62. The Bertz CT molecular complexity index is 1200. The molecule has 0 aliphatic heterocycles. The number of aromatic nitrogens is 1. The van der Waals surface area contributed by atoms with Crippen LogP contribution in [0.15, 0.2) is 71.8 Å². The van der Waals surface area contributed by atoms with E-state index < -0.39 is 26.7 Å². The van der Waals surface area contributed by atoms with Crippen LogP contribution in [-0.4, -0.2) is 18.3 Å². The van der Waals surface area contributed by atoms with Crippen LogP contribution in [0.1, 0.15) is 5.56 Å². The van der Waals surface area contributed by atoms with E-state index in [4.69, 9.17) is 0 Å². The number of hydrogen-bond acceptors (Lipinski definition) is 6. The zero-order valence-electron chi connectivity index (χ0n) is 14.9. The fourth-order valence-corrected chi connectivity index (χ4v) is 3.59. The molecule has 0 unspecified atom stereocenters. The number of pyridine rings is 1. The molecule has 156 valence electrons. The van der Waals surface area contributed by atoms with E-state index in [2.05, 4.69) is 15.0 Å². The minimum Gasteiger partial charge on any atom is -0.334 e. The Morgan fingerprint density at radius 1 is 0.967 bits per heavy atom. The van der Waals surface area contributed by atoms with Gasteiger partial charge in [0, 0.05) is 23.6 Å². The van der Waals surface area contributed by atoms with Crippen molar-refractivity contribution in [2.24, 2.45) is 0 Å². The molecule has 0 bridgehead atoms. The van der Waals surface area contributed by atoms with Gasteiger partial charge in [-0.3, -0.25) is 14.8 Å². The normalized spacial score (nSPS) is 11.7. The summed E-state index contributed by atoms with van der Waals surface area (Å²) in [5.74, 6) is -0.0946. The molecule has 0 spiro atoms. The molecule has 0 saturated heterocycles. The molecule has 0 aliphatic carbocycles. The number of nitrogens with zero attached hydrogens (tertiary/aromatic N) is 2. The molecule has 8 nitrogen and oxygen atoms in total. The van der Waals surface area contributed by atoms with Crippen molar-refractivity contribution in [1.29, 1.82) is 0 Å². The zero-order valence-corrected chi connectivity index (χ0v) is 15.7. The summed E-state index contributed by atoms with van der Waals surface area (Å²) < 4.78 is 65.8. The molecule has 0 aliphatic rings. The summed E-state index contributed by atoms with van der Waals surface area (Å²) in [6, 6.07) is 11.6. The van der Waals surface area contributed by atoms with Crippen molar-refractivity contribution in [1.82, 2.24) is 4.98 Å². The van der Waals surface area contributed by atoms with Crippen LogP contribution >= 0.6 is 0 Å². The van der Waals surface area contributed by atoms with E-state index in [-0.39, 0.29) is 27.8 Å². The highest BCUT2D eigenvalue weighted by Crippen LogP contribution is 2.31. The summed E-state index contributed by atoms with van der Waals surface area (Å²) in [6.07, 6.45) is -3.30. The summed E-state index contributed by atoms with van der Waals surface area (Å²) in [6.45, 7) is 0. The van der Waals surface area contributed by atoms with Gasteiger partial charge in [0.15, 0.2) is 0 Å². The van der Waals surface area contributed by atoms with Crippen LogP contribution in [0.25, 0.3) is 0 Å².